The number of aryl methyl sites for hydroxylation is 1. The van der Waals surface area contributed by atoms with Crippen LogP contribution >= 0.6 is 11.3 Å². The molecule has 0 fully saturated rings. The Kier molecular flexibility index (Phi) is 7.60. The third kappa shape index (κ3) is 6.02. The lowest BCUT2D eigenvalue weighted by Gasteiger charge is -2.11. The van der Waals surface area contributed by atoms with Gasteiger partial charge in [-0.1, -0.05) is 48.0 Å². The number of nitrogens with zero attached hydrogens (tertiary/aromatic N) is 1. The van der Waals surface area contributed by atoms with E-state index in [1.807, 2.05) is 50.3 Å². The van der Waals surface area contributed by atoms with Crippen LogP contribution in [0.1, 0.15) is 35.2 Å². The molecule has 0 aliphatic carbocycles. The van der Waals surface area contributed by atoms with Gasteiger partial charge in [-0.25, -0.2) is 4.98 Å². The molecule has 0 radical (unpaired) electrons. The minimum absolute atomic E-state index is 0.134. The highest BCUT2D eigenvalue weighted by Gasteiger charge is 2.15. The van der Waals surface area contributed by atoms with Gasteiger partial charge in [0.25, 0.3) is 0 Å². The van der Waals surface area contributed by atoms with Crippen molar-refractivity contribution in [2.24, 2.45) is 0 Å². The van der Waals surface area contributed by atoms with Crippen LogP contribution in [0.4, 0.5) is 0 Å². The first-order valence-corrected chi connectivity index (χ1v) is 12.0. The van der Waals surface area contributed by atoms with Crippen molar-refractivity contribution in [3.63, 3.8) is 0 Å². The van der Waals surface area contributed by atoms with Crippen LogP contribution in [0.5, 0.6) is 5.75 Å². The number of aromatic nitrogens is 1. The summed E-state index contributed by atoms with van der Waals surface area (Å²) in [6, 6.07) is 20.2. The summed E-state index contributed by atoms with van der Waals surface area (Å²) in [5.74, 6) is 0.889. The number of hydrogen-bond acceptors (Lipinski definition) is 5. The monoisotopic (exact) mass is 473 g/mol. The van der Waals surface area contributed by atoms with Crippen molar-refractivity contribution in [1.29, 1.82) is 0 Å². The lowest BCUT2D eigenvalue weighted by molar-refractivity contribution is -0.136. The Bertz CT molecular complexity index is 1270. The molecule has 0 saturated carbocycles. The summed E-state index contributed by atoms with van der Waals surface area (Å²) in [4.78, 5) is 16.8. The summed E-state index contributed by atoms with van der Waals surface area (Å²) < 4.78 is 11.5. The van der Waals surface area contributed by atoms with Crippen molar-refractivity contribution in [3.8, 4) is 28.3 Å². The maximum Gasteiger partial charge on any atom is 0.303 e. The molecular formula is C28H27NO4S. The molecule has 0 amide bonds. The molecule has 0 unspecified atom stereocenters. The van der Waals surface area contributed by atoms with Crippen molar-refractivity contribution < 1.29 is 19.1 Å². The number of thiazole rings is 1. The standard InChI is InChI=1S/C28H27NO4S/c1-19(9-14-27(30)31)15-17-33-25-7-4-3-6-23(25)18-26-28(29-20(2)34-26)22-12-10-21(11-13-22)24-8-5-16-32-24/h3-8,10-13,15-16H,9,14,17-18H2,1-2H3,(H,30,31)/b19-15+. The van der Waals surface area contributed by atoms with Crippen LogP contribution in [0.3, 0.4) is 0 Å². The molecule has 0 bridgehead atoms. The number of rotatable bonds is 10. The second-order valence-corrected chi connectivity index (χ2v) is 9.39. The summed E-state index contributed by atoms with van der Waals surface area (Å²) in [6.07, 6.45) is 5.01. The Hall–Kier alpha value is -3.64. The minimum atomic E-state index is -0.787. The Morgan fingerprint density at radius 3 is 2.56 bits per heavy atom. The van der Waals surface area contributed by atoms with E-state index in [0.29, 0.717) is 13.0 Å². The first kappa shape index (κ1) is 23.5. The molecule has 0 aliphatic rings. The molecule has 34 heavy (non-hydrogen) atoms. The molecule has 2 aromatic heterocycles. The molecule has 0 saturated heterocycles. The van der Waals surface area contributed by atoms with Gasteiger partial charge in [0.1, 0.15) is 18.1 Å². The molecule has 6 heteroatoms. The molecule has 0 aliphatic heterocycles. The van der Waals surface area contributed by atoms with Crippen molar-refractivity contribution in [3.05, 3.63) is 94.0 Å². The molecule has 174 valence electrons. The molecular weight excluding hydrogens is 446 g/mol. The van der Waals surface area contributed by atoms with Crippen molar-refractivity contribution in [1.82, 2.24) is 4.98 Å². The first-order chi connectivity index (χ1) is 16.5. The van der Waals surface area contributed by atoms with Gasteiger partial charge in [0, 0.05) is 28.8 Å². The molecule has 1 N–H and O–H groups in total. The Balaban J connectivity index is 1.50. The number of furan rings is 1. The van der Waals surface area contributed by atoms with E-state index in [1.165, 1.54) is 4.88 Å². The van der Waals surface area contributed by atoms with Crippen LogP contribution in [0.15, 0.2) is 83.0 Å². The number of aliphatic carboxylic acids is 1. The summed E-state index contributed by atoms with van der Waals surface area (Å²) >= 11 is 1.70. The number of carboxylic acids is 1. The maximum atomic E-state index is 10.8. The molecule has 5 nitrogen and oxygen atoms in total. The van der Waals surface area contributed by atoms with Gasteiger partial charge in [-0.15, -0.1) is 11.3 Å². The van der Waals surface area contributed by atoms with E-state index < -0.39 is 5.97 Å². The lowest BCUT2D eigenvalue weighted by Crippen LogP contribution is -2.00. The van der Waals surface area contributed by atoms with Crippen LogP contribution in [-0.2, 0) is 11.2 Å². The van der Waals surface area contributed by atoms with Crippen molar-refractivity contribution >= 4 is 17.3 Å². The Morgan fingerprint density at radius 2 is 1.82 bits per heavy atom. The average Bonchev–Trinajstić information content (AvgIpc) is 3.49. The predicted molar refractivity (Wildman–Crippen MR) is 135 cm³/mol. The topological polar surface area (TPSA) is 72.6 Å². The van der Waals surface area contributed by atoms with Crippen LogP contribution in [0.25, 0.3) is 22.6 Å². The molecule has 4 aromatic rings. The molecule has 0 atom stereocenters. The van der Waals surface area contributed by atoms with E-state index in [4.69, 9.17) is 19.2 Å². The number of hydrogen-bond donors (Lipinski definition) is 1. The van der Waals surface area contributed by atoms with E-state index in [-0.39, 0.29) is 6.42 Å². The van der Waals surface area contributed by atoms with Gasteiger partial charge < -0.3 is 14.3 Å². The number of allylic oxidation sites excluding steroid dienone is 1. The average molecular weight is 474 g/mol. The fourth-order valence-electron chi connectivity index (χ4n) is 3.69. The zero-order chi connectivity index (χ0) is 23.9. The second-order valence-electron chi connectivity index (χ2n) is 8.10. The van der Waals surface area contributed by atoms with E-state index in [2.05, 4.69) is 30.3 Å². The smallest absolute Gasteiger partial charge is 0.303 e. The number of carboxylic acid groups (broad SMARTS) is 1. The highest BCUT2D eigenvalue weighted by molar-refractivity contribution is 7.12. The van der Waals surface area contributed by atoms with E-state index in [0.717, 1.165) is 50.9 Å². The normalized spacial score (nSPS) is 11.5. The Morgan fingerprint density at radius 1 is 1.06 bits per heavy atom. The fourth-order valence-corrected chi connectivity index (χ4v) is 4.67. The second kappa shape index (κ2) is 11.0. The van der Waals surface area contributed by atoms with Gasteiger partial charge in [-0.05, 0) is 50.1 Å². The van der Waals surface area contributed by atoms with Gasteiger partial charge in [-0.3, -0.25) is 4.79 Å². The van der Waals surface area contributed by atoms with Gasteiger partial charge in [0.2, 0.25) is 0 Å². The molecule has 0 spiro atoms. The third-order valence-electron chi connectivity index (χ3n) is 5.50. The summed E-state index contributed by atoms with van der Waals surface area (Å²) in [5, 5.41) is 9.86. The van der Waals surface area contributed by atoms with Crippen molar-refractivity contribution in [2.75, 3.05) is 6.61 Å². The highest BCUT2D eigenvalue weighted by Crippen LogP contribution is 2.33. The molecule has 2 aromatic carbocycles. The number of benzene rings is 2. The van der Waals surface area contributed by atoms with Gasteiger partial charge in [-0.2, -0.15) is 0 Å². The lowest BCUT2D eigenvalue weighted by atomic mass is 10.0. The van der Waals surface area contributed by atoms with Gasteiger partial charge >= 0.3 is 5.97 Å². The van der Waals surface area contributed by atoms with Crippen molar-refractivity contribution in [2.45, 2.75) is 33.1 Å². The minimum Gasteiger partial charge on any atom is -0.489 e. The maximum absolute atomic E-state index is 10.8. The summed E-state index contributed by atoms with van der Waals surface area (Å²) in [5.41, 5.74) is 5.21. The predicted octanol–water partition coefficient (Wildman–Crippen LogP) is 7.16. The van der Waals surface area contributed by atoms with E-state index in [9.17, 15) is 4.79 Å². The largest absolute Gasteiger partial charge is 0.489 e. The van der Waals surface area contributed by atoms with Crippen LogP contribution in [0.2, 0.25) is 0 Å². The zero-order valence-electron chi connectivity index (χ0n) is 19.3. The zero-order valence-corrected chi connectivity index (χ0v) is 20.1. The summed E-state index contributed by atoms with van der Waals surface area (Å²) in [7, 11) is 0. The van der Waals surface area contributed by atoms with Gasteiger partial charge in [0.05, 0.1) is 17.0 Å². The van der Waals surface area contributed by atoms with E-state index >= 15 is 0 Å². The van der Waals surface area contributed by atoms with Crippen LogP contribution in [-0.4, -0.2) is 22.7 Å². The van der Waals surface area contributed by atoms with Crippen LogP contribution in [0, 0.1) is 6.92 Å². The fraction of sp³-hybridized carbons (Fsp3) is 0.214. The number of para-hydroxylation sites is 1. The highest BCUT2D eigenvalue weighted by atomic mass is 32.1. The summed E-state index contributed by atoms with van der Waals surface area (Å²) in [6.45, 7) is 4.37. The first-order valence-electron chi connectivity index (χ1n) is 11.2. The Labute approximate surface area is 203 Å². The molecule has 2 heterocycles. The number of ether oxygens (including phenoxy) is 1. The molecule has 4 rings (SSSR count). The third-order valence-corrected chi connectivity index (χ3v) is 6.47. The number of carbonyl (C=O) groups is 1. The van der Waals surface area contributed by atoms with Crippen LogP contribution < -0.4 is 4.74 Å². The SMILES string of the molecule is C/C(=C\COc1ccccc1Cc1sc(C)nc1-c1ccc(-c2ccco2)cc1)CCC(=O)O. The van der Waals surface area contributed by atoms with E-state index in [1.54, 1.807) is 17.6 Å². The quantitative estimate of drug-likeness (QED) is 0.247. The van der Waals surface area contributed by atoms with Gasteiger partial charge in [0.15, 0.2) is 0 Å².